The zero-order chi connectivity index (χ0) is 17.6. The highest BCUT2D eigenvalue weighted by Gasteiger charge is 2.27. The van der Waals surface area contributed by atoms with Gasteiger partial charge in [0.2, 0.25) is 5.91 Å². The summed E-state index contributed by atoms with van der Waals surface area (Å²) in [5.41, 5.74) is 0.988. The molecule has 0 N–H and O–H groups in total. The first-order chi connectivity index (χ1) is 12.2. The second kappa shape index (κ2) is 8.15. The first kappa shape index (κ1) is 17.5. The maximum atomic E-state index is 12.5. The predicted octanol–water partition coefficient (Wildman–Crippen LogP) is 2.71. The minimum absolute atomic E-state index is 0.134. The average molecular weight is 355 g/mol. The summed E-state index contributed by atoms with van der Waals surface area (Å²) in [4.78, 5) is 17.6. The Kier molecular flexibility index (Phi) is 5.69. The zero-order valence-electron chi connectivity index (χ0n) is 14.2. The molecule has 3 rings (SSSR count). The fraction of sp³-hybridized carbons (Fsp3) is 0.368. The lowest BCUT2D eigenvalue weighted by molar-refractivity contribution is -0.132. The fourth-order valence-corrected chi connectivity index (χ4v) is 3.83. The molecule has 1 amide bonds. The van der Waals surface area contributed by atoms with Gasteiger partial charge in [0, 0.05) is 31.1 Å². The van der Waals surface area contributed by atoms with Gasteiger partial charge in [0.25, 0.3) is 0 Å². The van der Waals surface area contributed by atoms with Gasteiger partial charge in [-0.25, -0.2) is 0 Å². The van der Waals surface area contributed by atoms with Crippen LogP contribution in [-0.2, 0) is 11.2 Å². The van der Waals surface area contributed by atoms with Crippen LogP contribution in [-0.4, -0.2) is 49.0 Å². The van der Waals surface area contributed by atoms with Crippen molar-refractivity contribution >= 4 is 17.2 Å². The summed E-state index contributed by atoms with van der Waals surface area (Å²) in [6.45, 7) is 2.78. The number of ether oxygens (including phenoxy) is 1. The number of nitriles is 1. The van der Waals surface area contributed by atoms with Crippen LogP contribution in [0.3, 0.4) is 0 Å². The molecule has 5 nitrogen and oxygen atoms in total. The number of hydrogen-bond donors (Lipinski definition) is 0. The van der Waals surface area contributed by atoms with Gasteiger partial charge in [-0.3, -0.25) is 9.69 Å². The van der Waals surface area contributed by atoms with Crippen LogP contribution >= 0.6 is 11.3 Å². The Labute approximate surface area is 152 Å². The van der Waals surface area contributed by atoms with Crippen LogP contribution in [0.15, 0.2) is 41.8 Å². The molecule has 1 saturated heterocycles. The minimum Gasteiger partial charge on any atom is -0.497 e. The van der Waals surface area contributed by atoms with E-state index in [1.165, 1.54) is 0 Å². The van der Waals surface area contributed by atoms with E-state index in [2.05, 4.69) is 11.0 Å². The van der Waals surface area contributed by atoms with Gasteiger partial charge in [0.05, 0.1) is 19.6 Å². The zero-order valence-corrected chi connectivity index (χ0v) is 15.0. The van der Waals surface area contributed by atoms with Gasteiger partial charge >= 0.3 is 0 Å². The lowest BCUT2D eigenvalue weighted by Gasteiger charge is -2.36. The van der Waals surface area contributed by atoms with Crippen LogP contribution in [0.4, 0.5) is 0 Å². The molecule has 0 bridgehead atoms. The molecule has 2 heterocycles. The maximum Gasteiger partial charge on any atom is 0.227 e. The van der Waals surface area contributed by atoms with Crippen molar-refractivity contribution in [2.75, 3.05) is 33.3 Å². The standard InChI is InChI=1S/C19H21N3O2S/c1-24-16-6-4-15(5-7-16)13-19(23)22-10-8-21(9-11-22)17(14-20)18-3-2-12-25-18/h2-7,12,17H,8-11,13H2,1H3. The number of carbonyl (C=O) groups is 1. The number of methoxy groups -OCH3 is 1. The molecule has 1 aliphatic rings. The van der Waals surface area contributed by atoms with E-state index in [0.717, 1.165) is 29.3 Å². The molecular weight excluding hydrogens is 334 g/mol. The Balaban J connectivity index is 1.54. The summed E-state index contributed by atoms with van der Waals surface area (Å²) in [6, 6.07) is 13.8. The van der Waals surface area contributed by atoms with Gasteiger partial charge in [-0.05, 0) is 29.1 Å². The molecule has 1 aromatic carbocycles. The second-order valence-corrected chi connectivity index (χ2v) is 6.97. The van der Waals surface area contributed by atoms with Crippen LogP contribution in [0.25, 0.3) is 0 Å². The molecule has 0 spiro atoms. The molecule has 1 aliphatic heterocycles. The normalized spacial score (nSPS) is 16.2. The van der Waals surface area contributed by atoms with E-state index < -0.39 is 0 Å². The maximum absolute atomic E-state index is 12.5. The van der Waals surface area contributed by atoms with Crippen molar-refractivity contribution in [1.82, 2.24) is 9.80 Å². The summed E-state index contributed by atoms with van der Waals surface area (Å²) >= 11 is 1.61. The molecule has 2 aromatic rings. The van der Waals surface area contributed by atoms with Crippen LogP contribution in [0.1, 0.15) is 16.5 Å². The minimum atomic E-state index is -0.209. The molecule has 6 heteroatoms. The van der Waals surface area contributed by atoms with Crippen molar-refractivity contribution < 1.29 is 9.53 Å². The van der Waals surface area contributed by atoms with E-state index >= 15 is 0 Å². The molecular formula is C19H21N3O2S. The van der Waals surface area contributed by atoms with Crippen LogP contribution in [0, 0.1) is 11.3 Å². The van der Waals surface area contributed by atoms with Crippen molar-refractivity contribution in [1.29, 1.82) is 5.26 Å². The number of thiophene rings is 1. The lowest BCUT2D eigenvalue weighted by Crippen LogP contribution is -2.49. The summed E-state index contributed by atoms with van der Waals surface area (Å²) in [7, 11) is 1.63. The molecule has 25 heavy (non-hydrogen) atoms. The van der Waals surface area contributed by atoms with Crippen molar-refractivity contribution in [3.8, 4) is 11.8 Å². The first-order valence-electron chi connectivity index (χ1n) is 8.29. The van der Waals surface area contributed by atoms with E-state index in [-0.39, 0.29) is 11.9 Å². The highest BCUT2D eigenvalue weighted by atomic mass is 32.1. The van der Waals surface area contributed by atoms with Gasteiger partial charge in [-0.2, -0.15) is 5.26 Å². The highest BCUT2D eigenvalue weighted by Crippen LogP contribution is 2.25. The third kappa shape index (κ3) is 4.19. The SMILES string of the molecule is COc1ccc(CC(=O)N2CCN(C(C#N)c3cccs3)CC2)cc1. The van der Waals surface area contributed by atoms with Crippen LogP contribution in [0.2, 0.25) is 0 Å². The lowest BCUT2D eigenvalue weighted by atomic mass is 10.1. The predicted molar refractivity (Wildman–Crippen MR) is 97.5 cm³/mol. The van der Waals surface area contributed by atoms with Gasteiger partial charge in [-0.15, -0.1) is 11.3 Å². The van der Waals surface area contributed by atoms with E-state index in [4.69, 9.17) is 4.74 Å². The summed E-state index contributed by atoms with van der Waals surface area (Å²) in [5.74, 6) is 0.926. The summed E-state index contributed by atoms with van der Waals surface area (Å²) in [5, 5.41) is 11.5. The van der Waals surface area contributed by atoms with Gasteiger partial charge in [0.15, 0.2) is 0 Å². The number of piperazine rings is 1. The van der Waals surface area contributed by atoms with Gasteiger partial charge in [0.1, 0.15) is 11.8 Å². The van der Waals surface area contributed by atoms with Crippen molar-refractivity contribution in [3.63, 3.8) is 0 Å². The van der Waals surface area contributed by atoms with Crippen molar-refractivity contribution in [3.05, 3.63) is 52.2 Å². The summed E-state index contributed by atoms with van der Waals surface area (Å²) in [6.07, 6.45) is 0.399. The Hall–Kier alpha value is -2.36. The Morgan fingerprint density at radius 3 is 2.52 bits per heavy atom. The topological polar surface area (TPSA) is 56.6 Å². The number of amides is 1. The molecule has 1 fully saturated rings. The van der Waals surface area contributed by atoms with Crippen LogP contribution in [0.5, 0.6) is 5.75 Å². The molecule has 0 saturated carbocycles. The fourth-order valence-electron chi connectivity index (χ4n) is 3.03. The van der Waals surface area contributed by atoms with E-state index in [0.29, 0.717) is 19.5 Å². The van der Waals surface area contributed by atoms with Crippen LogP contribution < -0.4 is 4.74 Å². The molecule has 1 atom stereocenters. The Morgan fingerprint density at radius 1 is 1.24 bits per heavy atom. The monoisotopic (exact) mass is 355 g/mol. The van der Waals surface area contributed by atoms with Gasteiger partial charge in [-0.1, -0.05) is 18.2 Å². The number of carbonyl (C=O) groups excluding carboxylic acids is 1. The molecule has 0 radical (unpaired) electrons. The quantitative estimate of drug-likeness (QED) is 0.827. The molecule has 1 unspecified atom stereocenters. The largest absolute Gasteiger partial charge is 0.497 e. The smallest absolute Gasteiger partial charge is 0.227 e. The number of hydrogen-bond acceptors (Lipinski definition) is 5. The molecule has 0 aliphatic carbocycles. The number of nitrogens with zero attached hydrogens (tertiary/aromatic N) is 3. The van der Waals surface area contributed by atoms with Gasteiger partial charge < -0.3 is 9.64 Å². The third-order valence-corrected chi connectivity index (χ3v) is 5.41. The third-order valence-electron chi connectivity index (χ3n) is 4.48. The summed E-state index contributed by atoms with van der Waals surface area (Å²) < 4.78 is 5.14. The Morgan fingerprint density at radius 2 is 1.96 bits per heavy atom. The number of rotatable bonds is 5. The van der Waals surface area contributed by atoms with E-state index in [1.54, 1.807) is 18.4 Å². The number of benzene rings is 1. The highest BCUT2D eigenvalue weighted by molar-refractivity contribution is 7.10. The second-order valence-electron chi connectivity index (χ2n) is 5.99. The van der Waals surface area contributed by atoms with E-state index in [9.17, 15) is 10.1 Å². The first-order valence-corrected chi connectivity index (χ1v) is 9.17. The van der Waals surface area contributed by atoms with Crippen molar-refractivity contribution in [2.45, 2.75) is 12.5 Å². The molecule has 1 aromatic heterocycles. The van der Waals surface area contributed by atoms with E-state index in [1.807, 2.05) is 46.7 Å². The van der Waals surface area contributed by atoms with Crippen molar-refractivity contribution in [2.24, 2.45) is 0 Å². The Bertz CT molecular complexity index is 729. The molecule has 130 valence electrons. The average Bonchev–Trinajstić information content (AvgIpc) is 3.18.